The fraction of sp³-hybridized carbons (Fsp3) is 0. The Hall–Kier alpha value is -1.32. The minimum atomic E-state index is -0.588. The summed E-state index contributed by atoms with van der Waals surface area (Å²) < 4.78 is 4.09. The summed E-state index contributed by atoms with van der Waals surface area (Å²) in [6.07, 6.45) is 0. The monoisotopic (exact) mass is 115 g/mol. The van der Waals surface area contributed by atoms with E-state index in [-0.39, 0.29) is 0 Å². The van der Waals surface area contributed by atoms with E-state index in [4.69, 9.17) is 5.11 Å². The van der Waals surface area contributed by atoms with Crippen LogP contribution >= 0.6 is 0 Å². The summed E-state index contributed by atoms with van der Waals surface area (Å²) in [6.45, 7) is 5.91. The minimum Gasteiger partial charge on any atom is -0.481 e. The molecular formula is C4H5NO3. The van der Waals surface area contributed by atoms with Crippen molar-refractivity contribution in [3.05, 3.63) is 29.9 Å². The lowest BCUT2D eigenvalue weighted by atomic mass is 10.9. The van der Waals surface area contributed by atoms with Gasteiger partial charge in [0.05, 0.1) is 0 Å². The Kier molecular flexibility index (Phi) is 2.33. The highest BCUT2D eigenvalue weighted by molar-refractivity contribution is 4.83. The lowest BCUT2D eigenvalue weighted by molar-refractivity contribution is 0.148. The molecule has 0 amide bonds. The largest absolute Gasteiger partial charge is 0.481 e. The first-order valence-corrected chi connectivity index (χ1v) is 1.75. The normalized spacial score (nSPS) is 7.50. The van der Waals surface area contributed by atoms with Crippen LogP contribution in [-0.4, -0.2) is 5.11 Å². The zero-order valence-electron chi connectivity index (χ0n) is 4.13. The molecule has 8 heavy (non-hydrogen) atoms. The van der Waals surface area contributed by atoms with Gasteiger partial charge in [0.1, 0.15) is 0 Å². The van der Waals surface area contributed by atoms with Crippen LogP contribution in [0.4, 0.5) is 0 Å². The Labute approximate surface area is 46.1 Å². The van der Waals surface area contributed by atoms with Gasteiger partial charge in [0.15, 0.2) is 0 Å². The van der Waals surface area contributed by atoms with Gasteiger partial charge in [-0.15, -0.1) is 4.91 Å². The Morgan fingerprint density at radius 1 is 1.62 bits per heavy atom. The van der Waals surface area contributed by atoms with Crippen molar-refractivity contribution in [2.75, 3.05) is 0 Å². The number of rotatable bonds is 3. The summed E-state index contributed by atoms with van der Waals surface area (Å²) in [5, 5.41) is 10.4. The molecule has 0 spiro atoms. The van der Waals surface area contributed by atoms with E-state index in [1.54, 1.807) is 0 Å². The number of nitrogens with zero attached hydrogens (tertiary/aromatic N) is 1. The van der Waals surface area contributed by atoms with Crippen LogP contribution in [-0.2, 0) is 4.74 Å². The standard InChI is InChI=1S/C4H5NO3/c1-3(5-7)8-4(2)6/h6H,1-2H2. The molecule has 0 fully saturated rings. The van der Waals surface area contributed by atoms with E-state index >= 15 is 0 Å². The molecule has 4 nitrogen and oxygen atoms in total. The summed E-state index contributed by atoms with van der Waals surface area (Å²) in [7, 11) is 0. The molecule has 44 valence electrons. The molecule has 0 aliphatic rings. The minimum absolute atomic E-state index is 0.405. The Morgan fingerprint density at radius 3 is 2.25 bits per heavy atom. The molecule has 0 aromatic rings. The molecule has 1 N–H and O–H groups in total. The highest BCUT2D eigenvalue weighted by Crippen LogP contribution is 1.97. The Bertz CT molecular complexity index is 129. The third kappa shape index (κ3) is 2.89. The average Bonchev–Trinajstić information content (AvgIpc) is 1.65. The van der Waals surface area contributed by atoms with E-state index in [0.29, 0.717) is 0 Å². The smallest absolute Gasteiger partial charge is 0.276 e. The number of nitroso groups, excluding NO2 is 1. The predicted octanol–water partition coefficient (Wildman–Crippen LogP) is 1.27. The van der Waals surface area contributed by atoms with Gasteiger partial charge in [0.2, 0.25) is 0 Å². The molecule has 0 unspecified atom stereocenters. The van der Waals surface area contributed by atoms with Crippen LogP contribution in [0.5, 0.6) is 0 Å². The van der Waals surface area contributed by atoms with Gasteiger partial charge in [-0.05, 0) is 13.2 Å². The van der Waals surface area contributed by atoms with Gasteiger partial charge in [-0.3, -0.25) is 0 Å². The molecular weight excluding hydrogens is 110 g/mol. The maximum absolute atomic E-state index is 9.41. The first-order chi connectivity index (χ1) is 3.66. The van der Waals surface area contributed by atoms with Crippen molar-refractivity contribution in [2.45, 2.75) is 0 Å². The van der Waals surface area contributed by atoms with Crippen molar-refractivity contribution < 1.29 is 9.84 Å². The van der Waals surface area contributed by atoms with Gasteiger partial charge in [0.25, 0.3) is 11.8 Å². The molecule has 0 atom stereocenters. The van der Waals surface area contributed by atoms with Crippen LogP contribution in [0.3, 0.4) is 0 Å². The lowest BCUT2D eigenvalue weighted by Gasteiger charge is -1.94. The molecule has 0 radical (unpaired) electrons. The van der Waals surface area contributed by atoms with Crippen LogP contribution in [0.1, 0.15) is 0 Å². The highest BCUT2D eigenvalue weighted by Gasteiger charge is 1.91. The second-order valence-corrected chi connectivity index (χ2v) is 0.981. The van der Waals surface area contributed by atoms with Gasteiger partial charge < -0.3 is 9.84 Å². The fourth-order valence-corrected chi connectivity index (χ4v) is 0.155. The van der Waals surface area contributed by atoms with Crippen molar-refractivity contribution in [1.82, 2.24) is 0 Å². The van der Waals surface area contributed by atoms with Crippen molar-refractivity contribution in [1.29, 1.82) is 0 Å². The Balaban J connectivity index is 3.55. The van der Waals surface area contributed by atoms with E-state index < -0.39 is 11.8 Å². The van der Waals surface area contributed by atoms with E-state index in [1.807, 2.05) is 0 Å². The topological polar surface area (TPSA) is 58.9 Å². The SMILES string of the molecule is C=C(O)OC(=C)N=O. The molecule has 0 saturated carbocycles. The third-order valence-corrected chi connectivity index (χ3v) is 0.337. The molecule has 0 bridgehead atoms. The molecule has 0 aliphatic heterocycles. The van der Waals surface area contributed by atoms with E-state index in [1.165, 1.54) is 0 Å². The first-order valence-electron chi connectivity index (χ1n) is 1.75. The van der Waals surface area contributed by atoms with Crippen LogP contribution in [0.2, 0.25) is 0 Å². The second-order valence-electron chi connectivity index (χ2n) is 0.981. The van der Waals surface area contributed by atoms with Crippen LogP contribution in [0, 0.1) is 4.91 Å². The zero-order valence-corrected chi connectivity index (χ0v) is 4.13. The molecule has 0 heterocycles. The highest BCUT2D eigenvalue weighted by atomic mass is 16.6. The van der Waals surface area contributed by atoms with E-state index in [9.17, 15) is 4.91 Å². The number of ether oxygens (including phenoxy) is 1. The summed E-state index contributed by atoms with van der Waals surface area (Å²) in [6, 6.07) is 0. The van der Waals surface area contributed by atoms with Crippen LogP contribution < -0.4 is 0 Å². The van der Waals surface area contributed by atoms with Gasteiger partial charge in [0, 0.05) is 5.18 Å². The summed E-state index contributed by atoms with van der Waals surface area (Å²) in [5.74, 6) is -0.993. The molecule has 0 aromatic heterocycles. The molecule has 0 aliphatic carbocycles. The molecule has 0 aromatic carbocycles. The molecule has 0 saturated heterocycles. The van der Waals surface area contributed by atoms with Crippen molar-refractivity contribution in [3.8, 4) is 0 Å². The third-order valence-electron chi connectivity index (χ3n) is 0.337. The predicted molar refractivity (Wildman–Crippen MR) is 27.8 cm³/mol. The number of hydrogen-bond donors (Lipinski definition) is 1. The van der Waals surface area contributed by atoms with Gasteiger partial charge >= 0.3 is 0 Å². The summed E-state index contributed by atoms with van der Waals surface area (Å²) >= 11 is 0. The summed E-state index contributed by atoms with van der Waals surface area (Å²) in [5.41, 5.74) is 0. The summed E-state index contributed by atoms with van der Waals surface area (Å²) in [4.78, 5) is 9.41. The van der Waals surface area contributed by atoms with Gasteiger partial charge in [-0.2, -0.15) is 0 Å². The number of aliphatic hydroxyl groups is 1. The first kappa shape index (κ1) is 6.68. The average molecular weight is 115 g/mol. The Morgan fingerprint density at radius 2 is 2.12 bits per heavy atom. The van der Waals surface area contributed by atoms with Crippen molar-refractivity contribution >= 4 is 0 Å². The van der Waals surface area contributed by atoms with Gasteiger partial charge in [-0.25, -0.2) is 0 Å². The maximum Gasteiger partial charge on any atom is 0.276 e. The number of hydrogen-bond acceptors (Lipinski definition) is 4. The van der Waals surface area contributed by atoms with Crippen molar-refractivity contribution in [2.24, 2.45) is 5.18 Å². The van der Waals surface area contributed by atoms with E-state index in [2.05, 4.69) is 23.1 Å². The van der Waals surface area contributed by atoms with Gasteiger partial charge in [-0.1, -0.05) is 0 Å². The number of aliphatic hydroxyl groups excluding tert-OH is 1. The molecule has 0 rings (SSSR count). The van der Waals surface area contributed by atoms with E-state index in [0.717, 1.165) is 0 Å². The van der Waals surface area contributed by atoms with Crippen LogP contribution in [0.25, 0.3) is 0 Å². The second kappa shape index (κ2) is 2.79. The fourth-order valence-electron chi connectivity index (χ4n) is 0.155. The zero-order chi connectivity index (χ0) is 6.57. The maximum atomic E-state index is 9.41. The lowest BCUT2D eigenvalue weighted by Crippen LogP contribution is -1.84. The molecule has 4 heteroatoms. The van der Waals surface area contributed by atoms with Crippen molar-refractivity contribution in [3.63, 3.8) is 0 Å². The quantitative estimate of drug-likeness (QED) is 0.445. The van der Waals surface area contributed by atoms with Crippen LogP contribution in [0.15, 0.2) is 30.2 Å².